The van der Waals surface area contributed by atoms with E-state index in [1.54, 1.807) is 49.2 Å². The highest BCUT2D eigenvalue weighted by Crippen LogP contribution is 2.36. The van der Waals surface area contributed by atoms with E-state index in [0.29, 0.717) is 33.5 Å². The number of pyridine rings is 1. The Morgan fingerprint density at radius 1 is 1.29 bits per heavy atom. The van der Waals surface area contributed by atoms with Crippen molar-refractivity contribution in [3.63, 3.8) is 0 Å². The number of anilines is 1. The number of benzene rings is 1. The fraction of sp³-hybridized carbons (Fsp3) is 0.238. The third kappa shape index (κ3) is 3.20. The summed E-state index contributed by atoms with van der Waals surface area (Å²) in [6.07, 6.45) is 3.96. The zero-order valence-electron chi connectivity index (χ0n) is 16.7. The number of alkyl halides is 1. The van der Waals surface area contributed by atoms with Crippen molar-refractivity contribution in [2.75, 3.05) is 19.4 Å². The smallest absolute Gasteiger partial charge is 0.256 e. The summed E-state index contributed by atoms with van der Waals surface area (Å²) in [5, 5.41) is 9.94. The van der Waals surface area contributed by atoms with E-state index in [2.05, 4.69) is 20.5 Å². The van der Waals surface area contributed by atoms with E-state index < -0.39 is 29.7 Å². The average Bonchev–Trinajstić information content (AvgIpc) is 3.11. The number of amides is 2. The molecule has 158 valence electrons. The van der Waals surface area contributed by atoms with Crippen LogP contribution in [0.15, 0.2) is 36.8 Å². The van der Waals surface area contributed by atoms with Gasteiger partial charge in [0.05, 0.1) is 29.4 Å². The number of H-pyrrole nitrogens is 1. The van der Waals surface area contributed by atoms with Crippen molar-refractivity contribution in [2.24, 2.45) is 5.92 Å². The molecule has 3 heterocycles. The van der Waals surface area contributed by atoms with E-state index in [0.717, 1.165) is 0 Å². The Balaban J connectivity index is 1.62. The summed E-state index contributed by atoms with van der Waals surface area (Å²) in [5.74, 6) is -1.87. The Bertz CT molecular complexity index is 1360. The Labute approximate surface area is 174 Å². The standard InChI is InChI=1S/C21H18F2N6O2/c1-28(2)21(31)19-14(23)6-15-12(7-24-27-15)18(19)10-3-4-17-25-16(9-29(17)8-10)26-20(30)11-5-13(11)22/h3-4,6-9,11,13H,5H2,1-2H3,(H,24,27)(H,26,30)/t11-,13+/m1/s1. The van der Waals surface area contributed by atoms with Crippen molar-refractivity contribution in [2.45, 2.75) is 12.6 Å². The SMILES string of the molecule is CN(C)C(=O)c1c(F)cc2[nH]ncc2c1-c1ccc2nc(NC(=O)[C@@H]3C[C@@H]3F)cn2c1. The van der Waals surface area contributed by atoms with E-state index in [-0.39, 0.29) is 12.0 Å². The van der Waals surface area contributed by atoms with Gasteiger partial charge in [0.2, 0.25) is 5.91 Å². The Kier molecular flexibility index (Phi) is 4.24. The molecule has 0 unspecified atom stereocenters. The van der Waals surface area contributed by atoms with Crippen LogP contribution in [0.4, 0.5) is 14.6 Å². The predicted octanol–water partition coefficient (Wildman–Crippen LogP) is 3.02. The minimum absolute atomic E-state index is 0.0605. The van der Waals surface area contributed by atoms with Crippen LogP contribution in [0, 0.1) is 11.7 Å². The first-order valence-electron chi connectivity index (χ1n) is 9.65. The number of carbonyl (C=O) groups is 2. The van der Waals surface area contributed by atoms with Crippen LogP contribution in [0.2, 0.25) is 0 Å². The van der Waals surface area contributed by atoms with Crippen LogP contribution in [-0.4, -0.2) is 56.6 Å². The highest BCUT2D eigenvalue weighted by molar-refractivity contribution is 6.09. The van der Waals surface area contributed by atoms with Gasteiger partial charge in [0, 0.05) is 42.9 Å². The zero-order chi connectivity index (χ0) is 21.9. The summed E-state index contributed by atoms with van der Waals surface area (Å²) < 4.78 is 29.7. The molecule has 1 aliphatic rings. The molecule has 1 fully saturated rings. The van der Waals surface area contributed by atoms with E-state index in [4.69, 9.17) is 0 Å². The third-order valence-corrected chi connectivity index (χ3v) is 5.36. The number of aromatic amines is 1. The summed E-state index contributed by atoms with van der Waals surface area (Å²) in [6.45, 7) is 0. The molecule has 4 aromatic rings. The molecular formula is C21H18F2N6O2. The van der Waals surface area contributed by atoms with Gasteiger partial charge >= 0.3 is 0 Å². The van der Waals surface area contributed by atoms with Gasteiger partial charge in [-0.1, -0.05) is 0 Å². The largest absolute Gasteiger partial charge is 0.345 e. The number of fused-ring (bicyclic) bond motifs is 2. The van der Waals surface area contributed by atoms with Crippen LogP contribution in [0.1, 0.15) is 16.8 Å². The number of rotatable bonds is 4. The zero-order valence-corrected chi connectivity index (χ0v) is 16.7. The third-order valence-electron chi connectivity index (χ3n) is 5.36. The molecule has 2 amide bonds. The Hall–Kier alpha value is -3.82. The lowest BCUT2D eigenvalue weighted by Gasteiger charge is -2.16. The van der Waals surface area contributed by atoms with Gasteiger partial charge in [0.1, 0.15) is 17.6 Å². The highest BCUT2D eigenvalue weighted by Gasteiger charge is 2.43. The first-order chi connectivity index (χ1) is 14.8. The van der Waals surface area contributed by atoms with Crippen LogP contribution < -0.4 is 5.32 Å². The molecule has 0 bridgehead atoms. The van der Waals surface area contributed by atoms with Crippen molar-refractivity contribution in [3.05, 3.63) is 48.2 Å². The number of hydrogen-bond acceptors (Lipinski definition) is 4. The van der Waals surface area contributed by atoms with Gasteiger partial charge in [-0.3, -0.25) is 14.7 Å². The maximum atomic E-state index is 14.9. The molecule has 0 spiro atoms. The number of aromatic nitrogens is 4. The van der Waals surface area contributed by atoms with E-state index in [1.807, 2.05) is 0 Å². The maximum Gasteiger partial charge on any atom is 0.256 e. The molecule has 0 aliphatic heterocycles. The quantitative estimate of drug-likeness (QED) is 0.527. The second-order valence-electron chi connectivity index (χ2n) is 7.80. The Morgan fingerprint density at radius 3 is 2.77 bits per heavy atom. The van der Waals surface area contributed by atoms with Crippen LogP contribution in [-0.2, 0) is 4.79 Å². The summed E-state index contributed by atoms with van der Waals surface area (Å²) in [6, 6.07) is 4.67. The van der Waals surface area contributed by atoms with Gasteiger partial charge in [-0.2, -0.15) is 5.10 Å². The van der Waals surface area contributed by atoms with Gasteiger partial charge in [0.25, 0.3) is 5.91 Å². The first-order valence-corrected chi connectivity index (χ1v) is 9.65. The molecule has 2 N–H and O–H groups in total. The number of carbonyl (C=O) groups excluding carboxylic acids is 2. The number of nitrogens with zero attached hydrogens (tertiary/aromatic N) is 4. The normalized spacial score (nSPS) is 17.8. The molecule has 3 aromatic heterocycles. The molecule has 0 radical (unpaired) electrons. The van der Waals surface area contributed by atoms with Gasteiger partial charge in [-0.05, 0) is 18.6 Å². The summed E-state index contributed by atoms with van der Waals surface area (Å²) in [7, 11) is 3.11. The minimum Gasteiger partial charge on any atom is -0.345 e. The van der Waals surface area contributed by atoms with Gasteiger partial charge in [-0.25, -0.2) is 13.8 Å². The Morgan fingerprint density at radius 2 is 2.06 bits per heavy atom. The fourth-order valence-electron chi connectivity index (χ4n) is 3.65. The molecule has 8 nitrogen and oxygen atoms in total. The lowest BCUT2D eigenvalue weighted by molar-refractivity contribution is -0.117. The van der Waals surface area contributed by atoms with Gasteiger partial charge in [0.15, 0.2) is 5.82 Å². The van der Waals surface area contributed by atoms with Crippen LogP contribution in [0.25, 0.3) is 27.7 Å². The second kappa shape index (κ2) is 6.86. The molecule has 1 aromatic carbocycles. The van der Waals surface area contributed by atoms with Crippen molar-refractivity contribution in [1.29, 1.82) is 0 Å². The lowest BCUT2D eigenvalue weighted by Crippen LogP contribution is -2.23. The van der Waals surface area contributed by atoms with E-state index >= 15 is 0 Å². The van der Waals surface area contributed by atoms with Crippen molar-refractivity contribution < 1.29 is 18.4 Å². The number of hydrogen-bond donors (Lipinski definition) is 2. The average molecular weight is 424 g/mol. The molecular weight excluding hydrogens is 406 g/mol. The van der Waals surface area contributed by atoms with Crippen molar-refractivity contribution in [1.82, 2.24) is 24.5 Å². The molecule has 2 atom stereocenters. The monoisotopic (exact) mass is 424 g/mol. The number of halogens is 2. The van der Waals surface area contributed by atoms with Gasteiger partial charge < -0.3 is 14.6 Å². The predicted molar refractivity (Wildman–Crippen MR) is 110 cm³/mol. The van der Waals surface area contributed by atoms with Crippen LogP contribution in [0.3, 0.4) is 0 Å². The summed E-state index contributed by atoms with van der Waals surface area (Å²) in [5.41, 5.74) is 1.92. The van der Waals surface area contributed by atoms with E-state index in [9.17, 15) is 18.4 Å². The number of nitrogens with one attached hydrogen (secondary N) is 2. The molecule has 31 heavy (non-hydrogen) atoms. The van der Waals surface area contributed by atoms with Gasteiger partial charge in [-0.15, -0.1) is 0 Å². The first kappa shape index (κ1) is 19.2. The molecule has 5 rings (SSSR count). The van der Waals surface area contributed by atoms with E-state index in [1.165, 1.54) is 11.0 Å². The summed E-state index contributed by atoms with van der Waals surface area (Å²) in [4.78, 5) is 30.4. The second-order valence-corrected chi connectivity index (χ2v) is 7.80. The molecule has 0 saturated heterocycles. The molecule has 1 aliphatic carbocycles. The van der Waals surface area contributed by atoms with Crippen molar-refractivity contribution >= 4 is 34.2 Å². The van der Waals surface area contributed by atoms with Crippen molar-refractivity contribution in [3.8, 4) is 11.1 Å². The summed E-state index contributed by atoms with van der Waals surface area (Å²) >= 11 is 0. The van der Waals surface area contributed by atoms with Crippen LogP contribution >= 0.6 is 0 Å². The highest BCUT2D eigenvalue weighted by atomic mass is 19.1. The van der Waals surface area contributed by atoms with Crippen LogP contribution in [0.5, 0.6) is 0 Å². The minimum atomic E-state index is -1.10. The topological polar surface area (TPSA) is 95.4 Å². The molecule has 10 heteroatoms. The number of imidazole rings is 1. The fourth-order valence-corrected chi connectivity index (χ4v) is 3.65. The lowest BCUT2D eigenvalue weighted by atomic mass is 9.96. The maximum absolute atomic E-state index is 14.9. The molecule has 1 saturated carbocycles.